The van der Waals surface area contributed by atoms with Gasteiger partial charge in [0, 0.05) is 6.07 Å². The Labute approximate surface area is 91.8 Å². The van der Waals surface area contributed by atoms with Gasteiger partial charge in [-0.05, 0) is 29.5 Å². The van der Waals surface area contributed by atoms with Gasteiger partial charge in [-0.2, -0.15) is 0 Å². The van der Waals surface area contributed by atoms with Gasteiger partial charge in [0.1, 0.15) is 6.61 Å². The van der Waals surface area contributed by atoms with Crippen LogP contribution in [0.3, 0.4) is 0 Å². The second kappa shape index (κ2) is 6.49. The quantitative estimate of drug-likeness (QED) is 0.714. The molecule has 1 aromatic carbocycles. The number of hydrogen-bond donors (Lipinski definition) is 0. The second-order valence-corrected chi connectivity index (χ2v) is 4.37. The number of rotatable bonds is 5. The molecule has 0 saturated heterocycles. The first-order chi connectivity index (χ1) is 7.27. The molecule has 0 aliphatic heterocycles. The van der Waals surface area contributed by atoms with Crippen LogP contribution in [0.1, 0.15) is 25.8 Å². The van der Waals surface area contributed by atoms with E-state index < -0.39 is 8.03 Å². The topological polar surface area (TPSA) is 26.3 Å². The Hall–Kier alpha value is -0.980. The molecule has 0 spiro atoms. The maximum Gasteiger partial charge on any atom is 0.548 e. The zero-order chi connectivity index (χ0) is 11.1. The van der Waals surface area contributed by atoms with Gasteiger partial charge in [-0.1, -0.05) is 31.2 Å². The molecule has 0 bridgehead atoms. The van der Waals surface area contributed by atoms with Crippen LogP contribution in [0.4, 0.5) is 0 Å². The summed E-state index contributed by atoms with van der Waals surface area (Å²) in [7, 11) is -1.69. The lowest BCUT2D eigenvalue weighted by molar-refractivity contribution is 0.357. The van der Waals surface area contributed by atoms with E-state index in [0.29, 0.717) is 6.61 Å². The van der Waals surface area contributed by atoms with Crippen molar-refractivity contribution in [3.8, 4) is 0 Å². The predicted molar refractivity (Wildman–Crippen MR) is 64.6 cm³/mol. The fourth-order valence-electron chi connectivity index (χ4n) is 1.19. The van der Waals surface area contributed by atoms with Gasteiger partial charge in [-0.3, -0.25) is 0 Å². The van der Waals surface area contributed by atoms with E-state index in [0.717, 1.165) is 17.3 Å². The molecule has 0 fully saturated rings. The van der Waals surface area contributed by atoms with Crippen molar-refractivity contribution >= 4 is 19.4 Å². The van der Waals surface area contributed by atoms with Crippen molar-refractivity contribution in [1.82, 2.24) is 0 Å². The van der Waals surface area contributed by atoms with E-state index >= 15 is 0 Å². The number of allylic oxidation sites excluding steroid dienone is 1. The predicted octanol–water partition coefficient (Wildman–Crippen LogP) is 3.51. The highest BCUT2D eigenvalue weighted by molar-refractivity contribution is 7.48. The third-order valence-electron chi connectivity index (χ3n) is 1.87. The van der Waals surface area contributed by atoms with Gasteiger partial charge in [0.25, 0.3) is 0 Å². The van der Waals surface area contributed by atoms with Crippen LogP contribution in [-0.4, -0.2) is 6.61 Å². The van der Waals surface area contributed by atoms with Gasteiger partial charge in [0.05, 0.1) is 0 Å². The minimum Gasteiger partial charge on any atom is -0.142 e. The van der Waals surface area contributed by atoms with Crippen molar-refractivity contribution in [3.05, 3.63) is 35.9 Å². The molecule has 2 nitrogen and oxygen atoms in total. The van der Waals surface area contributed by atoms with Crippen LogP contribution in [-0.2, 0) is 9.09 Å². The lowest BCUT2D eigenvalue weighted by Crippen LogP contribution is -1.98. The Morgan fingerprint density at radius 3 is 2.87 bits per heavy atom. The zero-order valence-electron chi connectivity index (χ0n) is 9.14. The molecule has 1 aromatic rings. The van der Waals surface area contributed by atoms with E-state index in [1.165, 1.54) is 0 Å². The van der Waals surface area contributed by atoms with Crippen LogP contribution in [0, 0.1) is 0 Å². The summed E-state index contributed by atoms with van der Waals surface area (Å²) in [5, 5.41) is 0.755. The summed E-state index contributed by atoms with van der Waals surface area (Å²) in [5.74, 6) is 0. The molecule has 0 saturated carbocycles. The molecule has 1 atom stereocenters. The second-order valence-electron chi connectivity index (χ2n) is 3.08. The van der Waals surface area contributed by atoms with Crippen LogP contribution < -0.4 is 5.30 Å². The molecule has 1 unspecified atom stereocenters. The first kappa shape index (κ1) is 12.1. The normalized spacial score (nSPS) is 12.0. The summed E-state index contributed by atoms with van der Waals surface area (Å²) >= 11 is 0. The fraction of sp³-hybridized carbons (Fsp3) is 0.333. The molecule has 1 rings (SSSR count). The summed E-state index contributed by atoms with van der Waals surface area (Å²) < 4.78 is 16.6. The van der Waals surface area contributed by atoms with E-state index in [4.69, 9.17) is 4.52 Å². The Bertz CT molecular complexity index is 358. The number of hydrogen-bond acceptors (Lipinski definition) is 2. The summed E-state index contributed by atoms with van der Waals surface area (Å²) in [6.07, 6.45) is 5.10. The maximum atomic E-state index is 11.6. The van der Waals surface area contributed by atoms with E-state index in [2.05, 4.69) is 13.0 Å². The Morgan fingerprint density at radius 1 is 1.40 bits per heavy atom. The summed E-state index contributed by atoms with van der Waals surface area (Å²) in [4.78, 5) is 0. The Kier molecular flexibility index (Phi) is 5.23. The molecule has 15 heavy (non-hydrogen) atoms. The maximum absolute atomic E-state index is 11.6. The average Bonchev–Trinajstić information content (AvgIpc) is 2.27. The lowest BCUT2D eigenvalue weighted by Gasteiger charge is -1.92. The van der Waals surface area contributed by atoms with Crippen LogP contribution in [0.2, 0.25) is 0 Å². The highest BCUT2D eigenvalue weighted by Crippen LogP contribution is 2.21. The van der Waals surface area contributed by atoms with E-state index in [-0.39, 0.29) is 0 Å². The zero-order valence-corrected chi connectivity index (χ0v) is 10.0. The SMILES string of the molecule is CCC=Cc1cccc([P+](=O)OCC)c1. The lowest BCUT2D eigenvalue weighted by atomic mass is 10.2. The van der Waals surface area contributed by atoms with E-state index in [1.807, 2.05) is 37.3 Å². The van der Waals surface area contributed by atoms with Gasteiger partial charge >= 0.3 is 8.03 Å². The monoisotopic (exact) mass is 223 g/mol. The minimum atomic E-state index is -1.69. The molecule has 0 aliphatic rings. The summed E-state index contributed by atoms with van der Waals surface area (Å²) in [5.41, 5.74) is 1.07. The van der Waals surface area contributed by atoms with Gasteiger partial charge in [0.2, 0.25) is 5.30 Å². The first-order valence-electron chi connectivity index (χ1n) is 5.14. The van der Waals surface area contributed by atoms with Crippen LogP contribution in [0.5, 0.6) is 0 Å². The molecular formula is C12H16O2P+. The largest absolute Gasteiger partial charge is 0.548 e. The van der Waals surface area contributed by atoms with Crippen molar-refractivity contribution in [1.29, 1.82) is 0 Å². The van der Waals surface area contributed by atoms with Crippen molar-refractivity contribution < 1.29 is 9.09 Å². The van der Waals surface area contributed by atoms with Crippen LogP contribution >= 0.6 is 8.03 Å². The molecule has 0 heterocycles. The van der Waals surface area contributed by atoms with E-state index in [9.17, 15) is 4.57 Å². The third-order valence-corrected chi connectivity index (χ3v) is 3.07. The molecule has 0 N–H and O–H groups in total. The highest BCUT2D eigenvalue weighted by atomic mass is 31.1. The Balaban J connectivity index is 2.82. The standard InChI is InChI=1S/C12H16O2P/c1-3-5-7-11-8-6-9-12(10-11)15(13)14-4-2/h5-10H,3-4H2,1-2H3/q+1. The molecule has 80 valence electrons. The van der Waals surface area contributed by atoms with Crippen molar-refractivity contribution in [2.24, 2.45) is 0 Å². The van der Waals surface area contributed by atoms with Crippen molar-refractivity contribution in [2.75, 3.05) is 6.61 Å². The van der Waals surface area contributed by atoms with Gasteiger partial charge in [-0.15, -0.1) is 4.52 Å². The van der Waals surface area contributed by atoms with Gasteiger partial charge in [-0.25, -0.2) is 0 Å². The van der Waals surface area contributed by atoms with Gasteiger partial charge < -0.3 is 0 Å². The smallest absolute Gasteiger partial charge is 0.142 e. The average molecular weight is 223 g/mol. The van der Waals surface area contributed by atoms with Crippen LogP contribution in [0.25, 0.3) is 6.08 Å². The molecule has 0 aliphatic carbocycles. The molecular weight excluding hydrogens is 207 g/mol. The minimum absolute atomic E-state index is 0.476. The van der Waals surface area contributed by atoms with Crippen molar-refractivity contribution in [3.63, 3.8) is 0 Å². The van der Waals surface area contributed by atoms with E-state index in [1.54, 1.807) is 0 Å². The third kappa shape index (κ3) is 3.94. The first-order valence-corrected chi connectivity index (χ1v) is 6.32. The highest BCUT2D eigenvalue weighted by Gasteiger charge is 2.20. The van der Waals surface area contributed by atoms with Gasteiger partial charge in [0.15, 0.2) is 0 Å². The summed E-state index contributed by atoms with van der Waals surface area (Å²) in [6, 6.07) is 7.62. The number of benzene rings is 1. The summed E-state index contributed by atoms with van der Waals surface area (Å²) in [6.45, 7) is 4.40. The molecule has 0 aromatic heterocycles. The Morgan fingerprint density at radius 2 is 2.20 bits per heavy atom. The molecule has 0 amide bonds. The molecule has 0 radical (unpaired) electrons. The molecule has 3 heteroatoms. The van der Waals surface area contributed by atoms with Crippen LogP contribution in [0.15, 0.2) is 30.3 Å². The van der Waals surface area contributed by atoms with Crippen molar-refractivity contribution in [2.45, 2.75) is 20.3 Å². The fourth-order valence-corrected chi connectivity index (χ4v) is 2.03.